The first kappa shape index (κ1) is 16.5. The van der Waals surface area contributed by atoms with Crippen molar-refractivity contribution >= 4 is 21.6 Å². The molecule has 0 unspecified atom stereocenters. The number of benzene rings is 1. The van der Waals surface area contributed by atoms with Crippen LogP contribution in [0.3, 0.4) is 0 Å². The third-order valence-electron chi connectivity index (χ3n) is 3.09. The lowest BCUT2D eigenvalue weighted by Crippen LogP contribution is -2.29. The second-order valence-electron chi connectivity index (χ2n) is 5.38. The molecular weight excluding hydrogens is 300 g/mol. The molecule has 3 heteroatoms. The number of halogens is 1. The number of anilines is 1. The minimum atomic E-state index is 0.681. The van der Waals surface area contributed by atoms with Crippen molar-refractivity contribution < 1.29 is 0 Å². The van der Waals surface area contributed by atoms with E-state index >= 15 is 0 Å². The van der Waals surface area contributed by atoms with Crippen LogP contribution in [-0.4, -0.2) is 19.6 Å². The van der Waals surface area contributed by atoms with Gasteiger partial charge in [0.15, 0.2) is 0 Å². The van der Waals surface area contributed by atoms with Crippen molar-refractivity contribution in [2.24, 2.45) is 5.92 Å². The van der Waals surface area contributed by atoms with Crippen LogP contribution in [-0.2, 0) is 6.54 Å². The molecule has 0 spiro atoms. The summed E-state index contributed by atoms with van der Waals surface area (Å²) >= 11 is 3.58. The first-order chi connectivity index (χ1) is 9.08. The maximum absolute atomic E-state index is 3.58. The molecule has 1 aromatic rings. The lowest BCUT2D eigenvalue weighted by Gasteiger charge is -2.28. The Morgan fingerprint density at radius 2 is 2.00 bits per heavy atom. The van der Waals surface area contributed by atoms with E-state index in [-0.39, 0.29) is 0 Å². The summed E-state index contributed by atoms with van der Waals surface area (Å²) in [5.41, 5.74) is 2.74. The van der Waals surface area contributed by atoms with Gasteiger partial charge in [-0.1, -0.05) is 36.7 Å². The first-order valence-corrected chi connectivity index (χ1v) is 8.11. The SMILES string of the molecule is CCCNCc1cc(Br)ccc1N(CC)CC(C)C. The van der Waals surface area contributed by atoms with Gasteiger partial charge in [0.2, 0.25) is 0 Å². The number of hydrogen-bond donors (Lipinski definition) is 1. The lowest BCUT2D eigenvalue weighted by molar-refractivity contribution is 0.613. The first-order valence-electron chi connectivity index (χ1n) is 7.32. The zero-order valence-electron chi connectivity index (χ0n) is 12.7. The van der Waals surface area contributed by atoms with E-state index in [1.54, 1.807) is 0 Å². The Labute approximate surface area is 126 Å². The molecule has 0 fully saturated rings. The second kappa shape index (κ2) is 8.60. The predicted octanol–water partition coefficient (Wildman–Crippen LogP) is 4.43. The van der Waals surface area contributed by atoms with Crippen molar-refractivity contribution in [2.45, 2.75) is 40.7 Å². The van der Waals surface area contributed by atoms with Crippen molar-refractivity contribution in [1.29, 1.82) is 0 Å². The van der Waals surface area contributed by atoms with Gasteiger partial charge in [-0.25, -0.2) is 0 Å². The summed E-state index contributed by atoms with van der Waals surface area (Å²) in [6.45, 7) is 13.2. The third-order valence-corrected chi connectivity index (χ3v) is 3.58. The Morgan fingerprint density at radius 1 is 1.26 bits per heavy atom. The Hall–Kier alpha value is -0.540. The normalized spacial score (nSPS) is 11.1. The average Bonchev–Trinajstić information content (AvgIpc) is 2.37. The van der Waals surface area contributed by atoms with Crippen LogP contribution >= 0.6 is 15.9 Å². The van der Waals surface area contributed by atoms with E-state index in [1.165, 1.54) is 17.7 Å². The van der Waals surface area contributed by atoms with E-state index in [0.29, 0.717) is 5.92 Å². The molecule has 0 radical (unpaired) electrons. The smallest absolute Gasteiger partial charge is 0.0412 e. The zero-order chi connectivity index (χ0) is 14.3. The van der Waals surface area contributed by atoms with Gasteiger partial charge in [-0.2, -0.15) is 0 Å². The molecule has 0 bridgehead atoms. The van der Waals surface area contributed by atoms with Gasteiger partial charge in [0.05, 0.1) is 0 Å². The molecule has 108 valence electrons. The highest BCUT2D eigenvalue weighted by atomic mass is 79.9. The average molecular weight is 327 g/mol. The van der Waals surface area contributed by atoms with Gasteiger partial charge in [-0.3, -0.25) is 0 Å². The van der Waals surface area contributed by atoms with E-state index in [0.717, 1.165) is 30.7 Å². The quantitative estimate of drug-likeness (QED) is 0.711. The van der Waals surface area contributed by atoms with Crippen molar-refractivity contribution in [3.8, 4) is 0 Å². The summed E-state index contributed by atoms with van der Waals surface area (Å²) in [5.74, 6) is 0.681. The van der Waals surface area contributed by atoms with Crippen molar-refractivity contribution in [3.05, 3.63) is 28.2 Å². The summed E-state index contributed by atoms with van der Waals surface area (Å²) in [7, 11) is 0. The van der Waals surface area contributed by atoms with Gasteiger partial charge >= 0.3 is 0 Å². The van der Waals surface area contributed by atoms with E-state index in [2.05, 4.69) is 72.0 Å². The van der Waals surface area contributed by atoms with Gasteiger partial charge in [-0.15, -0.1) is 0 Å². The zero-order valence-corrected chi connectivity index (χ0v) is 14.3. The summed E-state index contributed by atoms with van der Waals surface area (Å²) in [4.78, 5) is 2.47. The van der Waals surface area contributed by atoms with Crippen LogP contribution < -0.4 is 10.2 Å². The summed E-state index contributed by atoms with van der Waals surface area (Å²) in [6.07, 6.45) is 1.17. The van der Waals surface area contributed by atoms with Crippen molar-refractivity contribution in [2.75, 3.05) is 24.5 Å². The molecule has 0 heterocycles. The van der Waals surface area contributed by atoms with E-state index in [1.807, 2.05) is 0 Å². The van der Waals surface area contributed by atoms with Crippen LogP contribution in [0, 0.1) is 5.92 Å². The Bertz CT molecular complexity index is 377. The molecule has 0 aromatic heterocycles. The maximum Gasteiger partial charge on any atom is 0.0412 e. The molecule has 1 N–H and O–H groups in total. The fraction of sp³-hybridized carbons (Fsp3) is 0.625. The minimum absolute atomic E-state index is 0.681. The molecule has 0 saturated carbocycles. The van der Waals surface area contributed by atoms with Crippen molar-refractivity contribution in [3.63, 3.8) is 0 Å². The Balaban J connectivity index is 2.89. The summed E-state index contributed by atoms with van der Waals surface area (Å²) in [6, 6.07) is 6.61. The Morgan fingerprint density at radius 3 is 2.58 bits per heavy atom. The van der Waals surface area contributed by atoms with Crippen molar-refractivity contribution in [1.82, 2.24) is 5.32 Å². The Kier molecular flexibility index (Phi) is 7.47. The molecule has 0 aliphatic carbocycles. The number of rotatable bonds is 8. The van der Waals surface area contributed by atoms with Crippen LogP contribution in [0.15, 0.2) is 22.7 Å². The van der Waals surface area contributed by atoms with Gasteiger partial charge in [0.25, 0.3) is 0 Å². The standard InChI is InChI=1S/C16H27BrN2/c1-5-9-18-11-14-10-15(17)7-8-16(14)19(6-2)12-13(3)4/h7-8,10,13,18H,5-6,9,11-12H2,1-4H3. The monoisotopic (exact) mass is 326 g/mol. The molecule has 19 heavy (non-hydrogen) atoms. The maximum atomic E-state index is 3.58. The van der Waals surface area contributed by atoms with Crippen LogP contribution in [0.1, 0.15) is 39.7 Å². The van der Waals surface area contributed by atoms with Crippen LogP contribution in [0.5, 0.6) is 0 Å². The molecule has 0 saturated heterocycles. The predicted molar refractivity (Wildman–Crippen MR) is 88.9 cm³/mol. The van der Waals surface area contributed by atoms with Crippen LogP contribution in [0.25, 0.3) is 0 Å². The summed E-state index contributed by atoms with van der Waals surface area (Å²) < 4.78 is 1.16. The second-order valence-corrected chi connectivity index (χ2v) is 6.30. The van der Waals surface area contributed by atoms with Gasteiger partial charge in [0, 0.05) is 29.8 Å². The number of nitrogens with zero attached hydrogens (tertiary/aromatic N) is 1. The molecule has 2 nitrogen and oxygen atoms in total. The largest absolute Gasteiger partial charge is 0.371 e. The molecular formula is C16H27BrN2. The van der Waals surface area contributed by atoms with Gasteiger partial charge < -0.3 is 10.2 Å². The third kappa shape index (κ3) is 5.53. The summed E-state index contributed by atoms with van der Waals surface area (Å²) in [5, 5.41) is 3.50. The van der Waals surface area contributed by atoms with Gasteiger partial charge in [-0.05, 0) is 49.6 Å². The van der Waals surface area contributed by atoms with Crippen LogP contribution in [0.4, 0.5) is 5.69 Å². The van der Waals surface area contributed by atoms with E-state index in [4.69, 9.17) is 0 Å². The molecule has 1 aromatic carbocycles. The minimum Gasteiger partial charge on any atom is -0.371 e. The van der Waals surface area contributed by atoms with Crippen LogP contribution in [0.2, 0.25) is 0 Å². The fourth-order valence-electron chi connectivity index (χ4n) is 2.24. The molecule has 0 atom stereocenters. The number of hydrogen-bond acceptors (Lipinski definition) is 2. The highest BCUT2D eigenvalue weighted by molar-refractivity contribution is 9.10. The molecule has 0 aliphatic heterocycles. The topological polar surface area (TPSA) is 15.3 Å². The highest BCUT2D eigenvalue weighted by Crippen LogP contribution is 2.25. The highest BCUT2D eigenvalue weighted by Gasteiger charge is 2.11. The van der Waals surface area contributed by atoms with Gasteiger partial charge in [0.1, 0.15) is 0 Å². The van der Waals surface area contributed by atoms with E-state index in [9.17, 15) is 0 Å². The molecule has 1 rings (SSSR count). The van der Waals surface area contributed by atoms with E-state index < -0.39 is 0 Å². The molecule has 0 aliphatic rings. The number of nitrogens with one attached hydrogen (secondary N) is 1. The fourth-order valence-corrected chi connectivity index (χ4v) is 2.65. The lowest BCUT2D eigenvalue weighted by atomic mass is 10.1. The molecule has 0 amide bonds.